The first-order valence-corrected chi connectivity index (χ1v) is 8.46. The summed E-state index contributed by atoms with van der Waals surface area (Å²) in [5, 5.41) is 0. The number of rotatable bonds is 5. The van der Waals surface area contributed by atoms with Gasteiger partial charge in [0.25, 0.3) is 5.91 Å². The zero-order chi connectivity index (χ0) is 17.9. The lowest BCUT2D eigenvalue weighted by atomic mass is 9.90. The van der Waals surface area contributed by atoms with Crippen molar-refractivity contribution in [1.29, 1.82) is 0 Å². The van der Waals surface area contributed by atoms with Gasteiger partial charge in [0, 0.05) is 13.1 Å². The van der Waals surface area contributed by atoms with Crippen LogP contribution in [0.1, 0.15) is 29.3 Å². The van der Waals surface area contributed by atoms with Gasteiger partial charge in [0.1, 0.15) is 18.2 Å². The van der Waals surface area contributed by atoms with Crippen LogP contribution >= 0.6 is 12.4 Å². The SMILES string of the molecule is CC1(CN)CCN(C(=O)c2ccccc2OCc2ccc(F)cc2)C1.Cl. The van der Waals surface area contributed by atoms with Crippen LogP contribution < -0.4 is 10.5 Å². The van der Waals surface area contributed by atoms with Crippen molar-refractivity contribution >= 4 is 18.3 Å². The van der Waals surface area contributed by atoms with Crippen molar-refractivity contribution in [3.8, 4) is 5.75 Å². The number of amides is 1. The molecule has 140 valence electrons. The van der Waals surface area contributed by atoms with Crippen LogP contribution in [0.2, 0.25) is 0 Å². The molecule has 2 aromatic rings. The zero-order valence-electron chi connectivity index (χ0n) is 14.8. The van der Waals surface area contributed by atoms with Crippen molar-refractivity contribution in [3.05, 3.63) is 65.5 Å². The molecule has 4 nitrogen and oxygen atoms in total. The van der Waals surface area contributed by atoms with E-state index in [9.17, 15) is 9.18 Å². The fourth-order valence-electron chi connectivity index (χ4n) is 3.04. The van der Waals surface area contributed by atoms with E-state index in [0.29, 0.717) is 30.9 Å². The molecule has 6 heteroatoms. The summed E-state index contributed by atoms with van der Waals surface area (Å²) in [6.07, 6.45) is 0.911. The van der Waals surface area contributed by atoms with E-state index in [4.69, 9.17) is 10.5 Å². The van der Waals surface area contributed by atoms with Crippen molar-refractivity contribution in [2.24, 2.45) is 11.1 Å². The number of nitrogens with zero attached hydrogens (tertiary/aromatic N) is 1. The maximum absolute atomic E-state index is 13.0. The molecule has 1 aliphatic heterocycles. The quantitative estimate of drug-likeness (QED) is 0.864. The molecule has 2 aromatic carbocycles. The number of nitrogens with two attached hydrogens (primary N) is 1. The lowest BCUT2D eigenvalue weighted by Crippen LogP contribution is -2.34. The lowest BCUT2D eigenvalue weighted by molar-refractivity contribution is 0.0772. The Hall–Kier alpha value is -2.11. The van der Waals surface area contributed by atoms with E-state index < -0.39 is 0 Å². The maximum Gasteiger partial charge on any atom is 0.257 e. The van der Waals surface area contributed by atoms with Crippen LogP contribution in [0.4, 0.5) is 4.39 Å². The summed E-state index contributed by atoms with van der Waals surface area (Å²) < 4.78 is 18.8. The maximum atomic E-state index is 13.0. The molecule has 1 aliphatic rings. The Labute approximate surface area is 159 Å². The molecular weight excluding hydrogens is 355 g/mol. The number of carbonyl (C=O) groups is 1. The molecule has 0 radical (unpaired) electrons. The summed E-state index contributed by atoms with van der Waals surface area (Å²) in [5.41, 5.74) is 7.21. The molecule has 1 atom stereocenters. The first-order valence-electron chi connectivity index (χ1n) is 8.46. The van der Waals surface area contributed by atoms with Crippen LogP contribution in [-0.4, -0.2) is 30.4 Å². The Bertz CT molecular complexity index is 754. The van der Waals surface area contributed by atoms with E-state index in [1.54, 1.807) is 24.3 Å². The second-order valence-corrected chi connectivity index (χ2v) is 6.90. The highest BCUT2D eigenvalue weighted by Gasteiger charge is 2.35. The fourth-order valence-corrected chi connectivity index (χ4v) is 3.04. The smallest absolute Gasteiger partial charge is 0.257 e. The first kappa shape index (κ1) is 20.2. The van der Waals surface area contributed by atoms with Crippen molar-refractivity contribution < 1.29 is 13.9 Å². The van der Waals surface area contributed by atoms with Crippen LogP contribution in [0.15, 0.2) is 48.5 Å². The molecular formula is C20H24ClFN2O2. The average Bonchev–Trinajstić information content (AvgIpc) is 3.04. The summed E-state index contributed by atoms with van der Waals surface area (Å²) in [6, 6.07) is 13.4. The standard InChI is InChI=1S/C20H23FN2O2.ClH/c1-20(13-22)10-11-23(14-20)19(24)17-4-2-3-5-18(17)25-12-15-6-8-16(21)9-7-15;/h2-9H,10-14,22H2,1H3;1H. The molecule has 0 bridgehead atoms. The van der Waals surface area contributed by atoms with Gasteiger partial charge >= 0.3 is 0 Å². The monoisotopic (exact) mass is 378 g/mol. The summed E-state index contributed by atoms with van der Waals surface area (Å²) in [7, 11) is 0. The van der Waals surface area contributed by atoms with Gasteiger partial charge in [-0.15, -0.1) is 12.4 Å². The highest BCUT2D eigenvalue weighted by molar-refractivity contribution is 5.97. The molecule has 0 aliphatic carbocycles. The van der Waals surface area contributed by atoms with Gasteiger partial charge in [-0.2, -0.15) is 0 Å². The van der Waals surface area contributed by atoms with E-state index in [0.717, 1.165) is 12.0 Å². The van der Waals surface area contributed by atoms with Gasteiger partial charge in [0.15, 0.2) is 0 Å². The van der Waals surface area contributed by atoms with Crippen LogP contribution in [0, 0.1) is 11.2 Å². The van der Waals surface area contributed by atoms with Crippen LogP contribution in [0.5, 0.6) is 5.75 Å². The molecule has 0 spiro atoms. The topological polar surface area (TPSA) is 55.6 Å². The number of hydrogen-bond donors (Lipinski definition) is 1. The molecule has 1 amide bonds. The second-order valence-electron chi connectivity index (χ2n) is 6.90. The molecule has 26 heavy (non-hydrogen) atoms. The second kappa shape index (κ2) is 8.52. The zero-order valence-corrected chi connectivity index (χ0v) is 15.6. The first-order chi connectivity index (χ1) is 12.0. The van der Waals surface area contributed by atoms with Crippen LogP contribution in [-0.2, 0) is 6.61 Å². The third kappa shape index (κ3) is 4.54. The Morgan fingerprint density at radius 1 is 1.23 bits per heavy atom. The van der Waals surface area contributed by atoms with Gasteiger partial charge in [-0.25, -0.2) is 4.39 Å². The molecule has 0 saturated carbocycles. The van der Waals surface area contributed by atoms with Gasteiger partial charge < -0.3 is 15.4 Å². The largest absolute Gasteiger partial charge is 0.488 e. The van der Waals surface area contributed by atoms with Gasteiger partial charge in [0.2, 0.25) is 0 Å². The minimum atomic E-state index is -0.281. The molecule has 1 heterocycles. The van der Waals surface area contributed by atoms with Gasteiger partial charge in [0.05, 0.1) is 5.56 Å². The predicted octanol–water partition coefficient (Wildman–Crippen LogP) is 3.64. The molecule has 2 N–H and O–H groups in total. The van der Waals surface area contributed by atoms with Crippen molar-refractivity contribution in [2.75, 3.05) is 19.6 Å². The molecule has 1 unspecified atom stereocenters. The van der Waals surface area contributed by atoms with E-state index in [2.05, 4.69) is 6.92 Å². The summed E-state index contributed by atoms with van der Waals surface area (Å²) in [6.45, 7) is 4.33. The number of benzene rings is 2. The van der Waals surface area contributed by atoms with E-state index in [1.807, 2.05) is 17.0 Å². The van der Waals surface area contributed by atoms with Crippen molar-refractivity contribution in [2.45, 2.75) is 20.0 Å². The minimum Gasteiger partial charge on any atom is -0.488 e. The van der Waals surface area contributed by atoms with Crippen molar-refractivity contribution in [1.82, 2.24) is 4.90 Å². The molecule has 0 aromatic heterocycles. The molecule has 1 fully saturated rings. The van der Waals surface area contributed by atoms with E-state index >= 15 is 0 Å². The van der Waals surface area contributed by atoms with E-state index in [1.165, 1.54) is 12.1 Å². The number of carbonyl (C=O) groups excluding carboxylic acids is 1. The third-order valence-electron chi connectivity index (χ3n) is 4.76. The Morgan fingerprint density at radius 2 is 1.92 bits per heavy atom. The summed E-state index contributed by atoms with van der Waals surface area (Å²) >= 11 is 0. The Balaban J connectivity index is 0.00000243. The Morgan fingerprint density at radius 3 is 2.58 bits per heavy atom. The highest BCUT2D eigenvalue weighted by atomic mass is 35.5. The minimum absolute atomic E-state index is 0. The van der Waals surface area contributed by atoms with Crippen LogP contribution in [0.25, 0.3) is 0 Å². The number of likely N-dealkylation sites (tertiary alicyclic amines) is 1. The van der Waals surface area contributed by atoms with Gasteiger partial charge in [-0.3, -0.25) is 4.79 Å². The normalized spacial score (nSPS) is 19.1. The number of hydrogen-bond acceptors (Lipinski definition) is 3. The van der Waals surface area contributed by atoms with E-state index in [-0.39, 0.29) is 36.2 Å². The number of ether oxygens (including phenoxy) is 1. The fraction of sp³-hybridized carbons (Fsp3) is 0.350. The number of para-hydroxylation sites is 1. The average molecular weight is 379 g/mol. The van der Waals surface area contributed by atoms with Crippen molar-refractivity contribution in [3.63, 3.8) is 0 Å². The highest BCUT2D eigenvalue weighted by Crippen LogP contribution is 2.31. The number of halogens is 2. The summed E-state index contributed by atoms with van der Waals surface area (Å²) in [4.78, 5) is 14.7. The predicted molar refractivity (Wildman–Crippen MR) is 102 cm³/mol. The Kier molecular flexibility index (Phi) is 6.62. The van der Waals surface area contributed by atoms with Gasteiger partial charge in [-0.05, 0) is 48.2 Å². The third-order valence-corrected chi connectivity index (χ3v) is 4.76. The molecule has 3 rings (SSSR count). The molecule has 1 saturated heterocycles. The van der Waals surface area contributed by atoms with Gasteiger partial charge in [-0.1, -0.05) is 31.2 Å². The lowest BCUT2D eigenvalue weighted by Gasteiger charge is -2.23. The summed E-state index contributed by atoms with van der Waals surface area (Å²) in [5.74, 6) is 0.223. The van der Waals surface area contributed by atoms with Crippen LogP contribution in [0.3, 0.4) is 0 Å².